The molecule has 36 nitrogen and oxygen atoms in total. The molecular formula is C54H72N24O12. The summed E-state index contributed by atoms with van der Waals surface area (Å²) in [5.41, 5.74) is -8.57. The number of aryl methyl sites for hydroxylation is 12. The molecule has 12 rings (SSSR count). The second kappa shape index (κ2) is 26.1. The highest BCUT2D eigenvalue weighted by molar-refractivity contribution is 5.73. The SMILES string of the molecule is [2H]C([2H])(C)n1c(=O)c2c(ncn2C)n(C)c1=O.[2H]C([2H])([2H])n1c(=O)n(CC)c(=O)c2c1ncn2C.[2H]C([2H])([2H])n1cnc2c1c(=O)n(CC)c(=O)n2C.[2H]c1nc2c(c(=O)n(C([2H])([2H])C)c(=O)n2C)n1C.[2H]c1nc2c(c(=O)n(CC)c(=O)n2C([2H])([2H])[2H])n1C.[2H]c1nc2c(c(=O)n(CC)c(=O)n2C)n1C([2H])([2H])[2H]. The monoisotopic (exact) mass is 1270 g/mol. The highest BCUT2D eigenvalue weighted by Crippen LogP contribution is 2.07. The lowest BCUT2D eigenvalue weighted by molar-refractivity contribution is 0.635. The lowest BCUT2D eigenvalue weighted by Crippen LogP contribution is -2.39. The van der Waals surface area contributed by atoms with Crippen molar-refractivity contribution in [2.45, 2.75) is 80.7 Å². The van der Waals surface area contributed by atoms with Gasteiger partial charge in [0.1, 0.15) is 4.11 Å². The zero-order valence-electron chi connectivity index (χ0n) is 69.7. The second-order valence-electron chi connectivity index (χ2n) is 19.0. The molecule has 0 aliphatic heterocycles. The molecule has 0 N–H and O–H groups in total. The van der Waals surface area contributed by atoms with E-state index in [1.807, 2.05) is 0 Å². The minimum atomic E-state index is -2.76. The Morgan fingerprint density at radius 1 is 0.300 bits per heavy atom. The van der Waals surface area contributed by atoms with Crippen LogP contribution >= 0.6 is 0 Å². The summed E-state index contributed by atoms with van der Waals surface area (Å²) in [6, 6.07) is 0. The van der Waals surface area contributed by atoms with Gasteiger partial charge >= 0.3 is 34.1 Å². The first-order valence-corrected chi connectivity index (χ1v) is 26.4. The molecule has 0 aliphatic carbocycles. The summed E-state index contributed by atoms with van der Waals surface area (Å²) in [5.74, 6) is 0. The Bertz CT molecular complexity index is 6420. The zero-order chi connectivity index (χ0) is 83.2. The Balaban J connectivity index is 0.000000182. The maximum absolute atomic E-state index is 12.2. The van der Waals surface area contributed by atoms with Crippen LogP contribution in [0.4, 0.5) is 0 Å². The van der Waals surface area contributed by atoms with Crippen LogP contribution in [0.5, 0.6) is 0 Å². The molecule has 12 heterocycles. The van der Waals surface area contributed by atoms with Crippen molar-refractivity contribution in [2.75, 3.05) is 0 Å². The van der Waals surface area contributed by atoms with Crippen molar-refractivity contribution in [3.05, 3.63) is 163 Å². The van der Waals surface area contributed by atoms with Gasteiger partial charge in [0, 0.05) is 145 Å². The van der Waals surface area contributed by atoms with E-state index in [0.29, 0.717) is 22.8 Å². The minimum Gasteiger partial charge on any atom is -0.328 e. The van der Waals surface area contributed by atoms with Crippen LogP contribution in [0.3, 0.4) is 0 Å². The Morgan fingerprint density at radius 3 is 0.822 bits per heavy atom. The molecule has 36 heteroatoms. The summed E-state index contributed by atoms with van der Waals surface area (Å²) in [7, 11) is 11.8. The molecule has 0 bridgehead atoms. The van der Waals surface area contributed by atoms with Gasteiger partial charge in [0.25, 0.3) is 33.4 Å². The van der Waals surface area contributed by atoms with E-state index in [2.05, 4.69) is 29.9 Å². The first-order chi connectivity index (χ1) is 49.9. The van der Waals surface area contributed by atoms with Crippen LogP contribution in [0.2, 0.25) is 0 Å². The molecule has 0 atom stereocenters. The molecular weight excluding hydrogens is 1180 g/mol. The van der Waals surface area contributed by atoms with Gasteiger partial charge in [-0.2, -0.15) is 0 Å². The van der Waals surface area contributed by atoms with Gasteiger partial charge in [-0.3, -0.25) is 83.6 Å². The van der Waals surface area contributed by atoms with E-state index in [1.165, 1.54) is 73.2 Å². The zero-order valence-corrected chi connectivity index (χ0v) is 50.7. The van der Waals surface area contributed by atoms with E-state index < -0.39 is 115 Å². The van der Waals surface area contributed by atoms with Crippen LogP contribution in [-0.2, 0) is 123 Å². The first-order valence-electron chi connectivity index (χ1n) is 35.9. The second-order valence-corrected chi connectivity index (χ2v) is 19.0. The van der Waals surface area contributed by atoms with Crippen LogP contribution in [0.25, 0.3) is 67.0 Å². The van der Waals surface area contributed by atoms with Crippen LogP contribution in [0.1, 0.15) is 67.6 Å². The molecule has 0 amide bonds. The van der Waals surface area contributed by atoms with E-state index >= 15 is 0 Å². The normalized spacial score (nSPS) is 15.1. The molecule has 12 aromatic heterocycles. The van der Waals surface area contributed by atoms with E-state index in [9.17, 15) is 57.5 Å². The highest BCUT2D eigenvalue weighted by Gasteiger charge is 2.19. The quantitative estimate of drug-likeness (QED) is 0.158. The Hall–Kier alpha value is -11.1. The maximum atomic E-state index is 12.2. The number of hydrogen-bond donors (Lipinski definition) is 0. The maximum Gasteiger partial charge on any atom is 0.332 e. The molecule has 0 radical (unpaired) electrons. The van der Waals surface area contributed by atoms with Crippen molar-refractivity contribution in [1.82, 2.24) is 112 Å². The largest absolute Gasteiger partial charge is 0.332 e. The summed E-state index contributed by atoms with van der Waals surface area (Å²) in [4.78, 5) is 167. The summed E-state index contributed by atoms with van der Waals surface area (Å²) < 4.78 is 158. The fraction of sp³-hybridized carbons (Fsp3) is 0.444. The van der Waals surface area contributed by atoms with E-state index in [1.54, 1.807) is 41.8 Å². The number of aromatic nitrogens is 24. The number of nitrogens with zero attached hydrogens (tertiary/aromatic N) is 24. The van der Waals surface area contributed by atoms with E-state index in [4.69, 9.17) is 26.0 Å². The Kier molecular flexibility index (Phi) is 12.9. The third-order valence-corrected chi connectivity index (χ3v) is 13.8. The van der Waals surface area contributed by atoms with Crippen LogP contribution in [0, 0.1) is 0 Å². The number of rotatable bonds is 6. The fourth-order valence-corrected chi connectivity index (χ4v) is 9.07. The molecule has 12 aromatic rings. The summed E-state index contributed by atoms with van der Waals surface area (Å²) >= 11 is 0. The molecule has 0 saturated carbocycles. The summed E-state index contributed by atoms with van der Waals surface area (Å²) in [6.45, 7) is -5.66. The van der Waals surface area contributed by atoms with Crippen molar-refractivity contribution >= 4 is 67.0 Å². The van der Waals surface area contributed by atoms with Gasteiger partial charge in [0.2, 0.25) is 0 Å². The van der Waals surface area contributed by atoms with E-state index in [0.717, 1.165) is 61.3 Å². The first kappa shape index (κ1) is 44.4. The summed E-state index contributed by atoms with van der Waals surface area (Å²) in [6.07, 6.45) is 2.77. The van der Waals surface area contributed by atoms with Crippen molar-refractivity contribution in [3.63, 3.8) is 0 Å². The molecule has 0 spiro atoms. The molecule has 0 aromatic carbocycles. The Morgan fingerprint density at radius 2 is 0.522 bits per heavy atom. The molecule has 0 unspecified atom stereocenters. The van der Waals surface area contributed by atoms with Crippen LogP contribution in [-0.4, -0.2) is 112 Å². The summed E-state index contributed by atoms with van der Waals surface area (Å²) in [5, 5.41) is 0. The number of fused-ring (bicyclic) bond motifs is 6. The topological polar surface area (TPSA) is 371 Å². The van der Waals surface area contributed by atoms with Gasteiger partial charge < -0.3 is 27.4 Å². The van der Waals surface area contributed by atoms with Crippen LogP contribution < -0.4 is 67.5 Å². The lowest BCUT2D eigenvalue weighted by Gasteiger charge is -2.05. The standard InChI is InChI=1S/6C9H12N4O2/c6*1-4-13-8(14)6-7(10-5-11(6)2)12(3)9(13)15/h6*5H,4H2,1-3H3/i4D2,5D;3D3,5D;2D3,5D;4D2;3D3;2D3. The van der Waals surface area contributed by atoms with Crippen molar-refractivity contribution in [2.24, 2.45) is 84.3 Å². The molecule has 0 saturated heterocycles. The average Bonchev–Trinajstić information content (AvgIpc) is 1.65. The number of imidazole rings is 6. The average molecular weight is 1270 g/mol. The Labute approximate surface area is 532 Å². The third kappa shape index (κ3) is 11.2. The predicted molar refractivity (Wildman–Crippen MR) is 335 cm³/mol. The highest BCUT2D eigenvalue weighted by atomic mass is 16.2. The van der Waals surface area contributed by atoms with Gasteiger partial charge in [0.15, 0.2) is 67.0 Å². The predicted octanol–water partition coefficient (Wildman–Crippen LogP) is -3.28. The molecule has 90 heavy (non-hydrogen) atoms. The fourth-order valence-electron chi connectivity index (χ4n) is 9.07. The molecule has 0 fully saturated rings. The van der Waals surface area contributed by atoms with Gasteiger partial charge in [-0.25, -0.2) is 58.7 Å². The van der Waals surface area contributed by atoms with Gasteiger partial charge in [-0.15, -0.1) is 0 Å². The minimum absolute atomic E-state index is 0.0350. The van der Waals surface area contributed by atoms with Crippen LogP contribution in [0.15, 0.2) is 95.4 Å². The van der Waals surface area contributed by atoms with E-state index in [-0.39, 0.29) is 106 Å². The van der Waals surface area contributed by atoms with Gasteiger partial charge in [-0.05, 0) is 41.5 Å². The molecule has 0 aliphatic rings. The molecule has 480 valence electrons. The smallest absolute Gasteiger partial charge is 0.328 e. The third-order valence-electron chi connectivity index (χ3n) is 13.8. The number of hydrogen-bond acceptors (Lipinski definition) is 18. The van der Waals surface area contributed by atoms with Crippen molar-refractivity contribution in [3.8, 4) is 0 Å². The van der Waals surface area contributed by atoms with Gasteiger partial charge in [0.05, 0.1) is 37.9 Å². The lowest BCUT2D eigenvalue weighted by atomic mass is 10.5. The van der Waals surface area contributed by atoms with Crippen molar-refractivity contribution < 1.29 is 26.0 Å². The van der Waals surface area contributed by atoms with Gasteiger partial charge in [-0.1, -0.05) is 0 Å². The van der Waals surface area contributed by atoms with Crippen molar-refractivity contribution in [1.29, 1.82) is 0 Å².